The Morgan fingerprint density at radius 1 is 1.27 bits per heavy atom. The van der Waals surface area contributed by atoms with Crippen LogP contribution in [0.25, 0.3) is 0 Å². The number of halogens is 1. The molecule has 9 heteroatoms. The maximum Gasteiger partial charge on any atom is 0.191 e. The number of aryl methyl sites for hydroxylation is 1. The van der Waals surface area contributed by atoms with Gasteiger partial charge < -0.3 is 24.7 Å². The van der Waals surface area contributed by atoms with Crippen molar-refractivity contribution in [2.24, 2.45) is 12.0 Å². The largest absolute Gasteiger partial charge is 0.497 e. The molecule has 2 aromatic rings. The number of hydrogen-bond acceptors (Lipinski definition) is 5. The third-order valence-electron chi connectivity index (χ3n) is 4.08. The molecule has 0 radical (unpaired) electrons. The van der Waals surface area contributed by atoms with Crippen LogP contribution in [0.1, 0.15) is 30.2 Å². The van der Waals surface area contributed by atoms with Crippen LogP contribution in [-0.4, -0.2) is 42.0 Å². The number of aromatic nitrogens is 3. The average Bonchev–Trinajstić information content (AvgIpc) is 2.96. The molecule has 0 spiro atoms. The smallest absolute Gasteiger partial charge is 0.191 e. The van der Waals surface area contributed by atoms with E-state index in [1.807, 2.05) is 43.7 Å². The number of benzene rings is 1. The van der Waals surface area contributed by atoms with Gasteiger partial charge in [-0.15, -0.1) is 34.2 Å². The van der Waals surface area contributed by atoms with Crippen molar-refractivity contribution < 1.29 is 9.47 Å². The molecule has 1 aromatic carbocycles. The molecule has 0 aliphatic rings. The Labute approximate surface area is 171 Å². The first-order chi connectivity index (χ1) is 12.0. The van der Waals surface area contributed by atoms with E-state index in [0.717, 1.165) is 28.7 Å². The fourth-order valence-electron chi connectivity index (χ4n) is 2.42. The second kappa shape index (κ2) is 10.2. The number of nitrogens with zero attached hydrogens (tertiary/aromatic N) is 4. The van der Waals surface area contributed by atoms with Gasteiger partial charge in [-0.25, -0.2) is 0 Å². The number of aliphatic imine (C=N–C) groups is 1. The highest BCUT2D eigenvalue weighted by Gasteiger charge is 2.15. The van der Waals surface area contributed by atoms with Crippen LogP contribution in [0.5, 0.6) is 11.5 Å². The number of rotatable bonds is 6. The number of ether oxygens (including phenoxy) is 2. The first kappa shape index (κ1) is 22.0. The maximum absolute atomic E-state index is 5.45. The molecule has 0 aliphatic carbocycles. The van der Waals surface area contributed by atoms with Crippen LogP contribution >= 0.6 is 24.0 Å². The molecule has 0 fully saturated rings. The monoisotopic (exact) mass is 474 g/mol. The van der Waals surface area contributed by atoms with Gasteiger partial charge in [0.05, 0.1) is 26.8 Å². The molecule has 26 heavy (non-hydrogen) atoms. The highest BCUT2D eigenvalue weighted by molar-refractivity contribution is 14.0. The predicted molar refractivity (Wildman–Crippen MR) is 112 cm³/mol. The normalized spacial score (nSPS) is 12.2. The molecule has 1 heterocycles. The Kier molecular flexibility index (Phi) is 8.62. The fourth-order valence-corrected chi connectivity index (χ4v) is 2.42. The van der Waals surface area contributed by atoms with Crippen LogP contribution in [0, 0.1) is 6.92 Å². The van der Waals surface area contributed by atoms with E-state index in [1.54, 1.807) is 21.3 Å². The summed E-state index contributed by atoms with van der Waals surface area (Å²) < 4.78 is 12.7. The topological polar surface area (TPSA) is 85.6 Å². The molecule has 8 nitrogen and oxygen atoms in total. The summed E-state index contributed by atoms with van der Waals surface area (Å²) in [5.74, 6) is 3.95. The third kappa shape index (κ3) is 5.23. The molecule has 0 amide bonds. The highest BCUT2D eigenvalue weighted by atomic mass is 127. The summed E-state index contributed by atoms with van der Waals surface area (Å²) in [4.78, 5) is 4.27. The van der Waals surface area contributed by atoms with Crippen LogP contribution in [0.3, 0.4) is 0 Å². The van der Waals surface area contributed by atoms with Gasteiger partial charge in [0.1, 0.15) is 17.3 Å². The van der Waals surface area contributed by atoms with Gasteiger partial charge in [0.25, 0.3) is 0 Å². The van der Waals surface area contributed by atoms with Gasteiger partial charge in [-0.2, -0.15) is 0 Å². The molecule has 1 atom stereocenters. The van der Waals surface area contributed by atoms with Crippen molar-refractivity contribution in [2.75, 3.05) is 21.3 Å². The number of methoxy groups -OCH3 is 2. The molecular weight excluding hydrogens is 447 g/mol. The second-order valence-electron chi connectivity index (χ2n) is 5.62. The Hall–Kier alpha value is -2.04. The first-order valence-electron chi connectivity index (χ1n) is 8.04. The van der Waals surface area contributed by atoms with Crippen LogP contribution < -0.4 is 20.1 Å². The van der Waals surface area contributed by atoms with Crippen molar-refractivity contribution in [2.45, 2.75) is 26.4 Å². The van der Waals surface area contributed by atoms with Crippen molar-refractivity contribution in [3.8, 4) is 11.5 Å². The van der Waals surface area contributed by atoms with Gasteiger partial charge >= 0.3 is 0 Å². The molecule has 0 saturated carbocycles. The molecule has 144 valence electrons. The van der Waals surface area contributed by atoms with Gasteiger partial charge in [-0.3, -0.25) is 4.99 Å². The minimum atomic E-state index is -0.0301. The van der Waals surface area contributed by atoms with Gasteiger partial charge in [-0.05, 0) is 32.0 Å². The zero-order chi connectivity index (χ0) is 18.4. The average molecular weight is 474 g/mol. The minimum absolute atomic E-state index is 0. The van der Waals surface area contributed by atoms with Crippen LogP contribution in [0.2, 0.25) is 0 Å². The van der Waals surface area contributed by atoms with Gasteiger partial charge in [0.2, 0.25) is 0 Å². The summed E-state index contributed by atoms with van der Waals surface area (Å²) in [7, 11) is 6.97. The Morgan fingerprint density at radius 2 is 2.00 bits per heavy atom. The molecule has 1 unspecified atom stereocenters. The Morgan fingerprint density at radius 3 is 2.54 bits per heavy atom. The molecule has 2 rings (SSSR count). The van der Waals surface area contributed by atoms with E-state index in [2.05, 4.69) is 25.8 Å². The zero-order valence-electron chi connectivity index (χ0n) is 16.0. The van der Waals surface area contributed by atoms with Gasteiger partial charge in [0.15, 0.2) is 11.8 Å². The fraction of sp³-hybridized carbons (Fsp3) is 0.471. The Bertz CT molecular complexity index is 747. The maximum atomic E-state index is 5.45. The van der Waals surface area contributed by atoms with Crippen molar-refractivity contribution >= 4 is 29.9 Å². The van der Waals surface area contributed by atoms with E-state index < -0.39 is 0 Å². The van der Waals surface area contributed by atoms with E-state index >= 15 is 0 Å². The third-order valence-corrected chi connectivity index (χ3v) is 4.08. The summed E-state index contributed by atoms with van der Waals surface area (Å²) in [6.45, 7) is 4.48. The number of nitrogens with one attached hydrogen (secondary N) is 2. The van der Waals surface area contributed by atoms with E-state index in [0.29, 0.717) is 12.5 Å². The highest BCUT2D eigenvalue weighted by Crippen LogP contribution is 2.29. The lowest BCUT2D eigenvalue weighted by Crippen LogP contribution is -2.38. The molecular formula is C17H27IN6O2. The zero-order valence-corrected chi connectivity index (χ0v) is 18.4. The summed E-state index contributed by atoms with van der Waals surface area (Å²) in [6.07, 6.45) is 0. The van der Waals surface area contributed by atoms with Crippen LogP contribution in [-0.2, 0) is 13.6 Å². The molecule has 1 aromatic heterocycles. The summed E-state index contributed by atoms with van der Waals surface area (Å²) in [5.41, 5.74) is 0.985. The number of hydrogen-bond donors (Lipinski definition) is 2. The molecule has 0 aliphatic heterocycles. The lowest BCUT2D eigenvalue weighted by Gasteiger charge is -2.20. The summed E-state index contributed by atoms with van der Waals surface area (Å²) in [5, 5.41) is 14.8. The van der Waals surface area contributed by atoms with Gasteiger partial charge in [0, 0.05) is 19.7 Å². The van der Waals surface area contributed by atoms with Gasteiger partial charge in [-0.1, -0.05) is 0 Å². The quantitative estimate of drug-likeness (QED) is 0.380. The Balaban J connectivity index is 0.00000338. The number of guanidine groups is 1. The van der Waals surface area contributed by atoms with E-state index in [-0.39, 0.29) is 30.0 Å². The molecule has 0 bridgehead atoms. The SMILES string of the molecule is CN=C(NCc1nnc(C)n1C)NC(C)c1cc(OC)ccc1OC.I. The molecule has 0 saturated heterocycles. The standard InChI is InChI=1S/C17H26N6O2.HI/c1-11(14-9-13(24-5)7-8-15(14)25-6)20-17(18-3)19-10-16-22-21-12(2)23(16)4;/h7-9,11H,10H2,1-6H3,(H2,18,19,20);1H. The van der Waals surface area contributed by atoms with Crippen molar-refractivity contribution in [1.29, 1.82) is 0 Å². The second-order valence-corrected chi connectivity index (χ2v) is 5.62. The van der Waals surface area contributed by atoms with Crippen molar-refractivity contribution in [3.05, 3.63) is 35.4 Å². The first-order valence-corrected chi connectivity index (χ1v) is 8.04. The lowest BCUT2D eigenvalue weighted by atomic mass is 10.1. The predicted octanol–water partition coefficient (Wildman–Crippen LogP) is 2.18. The lowest BCUT2D eigenvalue weighted by molar-refractivity contribution is 0.394. The molecule has 2 N–H and O–H groups in total. The summed E-state index contributed by atoms with van der Waals surface area (Å²) in [6, 6.07) is 5.69. The van der Waals surface area contributed by atoms with E-state index in [4.69, 9.17) is 9.47 Å². The minimum Gasteiger partial charge on any atom is -0.497 e. The summed E-state index contributed by atoms with van der Waals surface area (Å²) >= 11 is 0. The van der Waals surface area contributed by atoms with Crippen LogP contribution in [0.4, 0.5) is 0 Å². The van der Waals surface area contributed by atoms with Crippen molar-refractivity contribution in [3.63, 3.8) is 0 Å². The van der Waals surface area contributed by atoms with E-state index in [1.165, 1.54) is 0 Å². The van der Waals surface area contributed by atoms with E-state index in [9.17, 15) is 0 Å². The van der Waals surface area contributed by atoms with Crippen LogP contribution in [0.15, 0.2) is 23.2 Å². The van der Waals surface area contributed by atoms with Crippen molar-refractivity contribution in [1.82, 2.24) is 25.4 Å².